The second-order valence-corrected chi connectivity index (χ2v) is 4.02. The van der Waals surface area contributed by atoms with E-state index in [-0.39, 0.29) is 0 Å². The van der Waals surface area contributed by atoms with Gasteiger partial charge in [-0.25, -0.2) is 0 Å². The van der Waals surface area contributed by atoms with E-state index in [1.54, 1.807) is 6.08 Å². The fourth-order valence-corrected chi connectivity index (χ4v) is 1.46. The van der Waals surface area contributed by atoms with Gasteiger partial charge in [-0.1, -0.05) is 18.2 Å². The molecule has 2 rings (SSSR count). The SMILES string of the molecule is C=CCOCCc1ccc(OCC2CO2)cc1. The molecular weight excluding hydrogens is 216 g/mol. The molecule has 1 aromatic rings. The highest BCUT2D eigenvalue weighted by Gasteiger charge is 2.22. The number of epoxide rings is 1. The predicted molar refractivity (Wildman–Crippen MR) is 66.4 cm³/mol. The van der Waals surface area contributed by atoms with Gasteiger partial charge in [0, 0.05) is 0 Å². The van der Waals surface area contributed by atoms with E-state index in [0.29, 0.717) is 19.3 Å². The molecule has 0 aromatic heterocycles. The van der Waals surface area contributed by atoms with Gasteiger partial charge in [-0.05, 0) is 24.1 Å². The van der Waals surface area contributed by atoms with Crippen molar-refractivity contribution in [3.63, 3.8) is 0 Å². The van der Waals surface area contributed by atoms with Crippen molar-refractivity contribution in [2.75, 3.05) is 26.4 Å². The summed E-state index contributed by atoms with van der Waals surface area (Å²) < 4.78 is 16.0. The lowest BCUT2D eigenvalue weighted by Crippen LogP contribution is -2.04. The lowest BCUT2D eigenvalue weighted by Gasteiger charge is -2.06. The number of benzene rings is 1. The van der Waals surface area contributed by atoms with Crippen molar-refractivity contribution in [1.82, 2.24) is 0 Å². The molecule has 1 aromatic carbocycles. The van der Waals surface area contributed by atoms with E-state index >= 15 is 0 Å². The maximum absolute atomic E-state index is 5.56. The third kappa shape index (κ3) is 4.59. The maximum atomic E-state index is 5.56. The first kappa shape index (κ1) is 12.1. The lowest BCUT2D eigenvalue weighted by atomic mass is 10.1. The predicted octanol–water partition coefficient (Wildman–Crippen LogP) is 2.21. The minimum Gasteiger partial charge on any atom is -0.491 e. The zero-order valence-electron chi connectivity index (χ0n) is 9.93. The van der Waals surface area contributed by atoms with Crippen LogP contribution in [0, 0.1) is 0 Å². The first-order chi connectivity index (χ1) is 8.38. The smallest absolute Gasteiger partial charge is 0.119 e. The molecule has 1 fully saturated rings. The van der Waals surface area contributed by atoms with E-state index in [1.165, 1.54) is 5.56 Å². The summed E-state index contributed by atoms with van der Waals surface area (Å²) in [5.74, 6) is 0.899. The average molecular weight is 234 g/mol. The molecule has 0 saturated carbocycles. The summed E-state index contributed by atoms with van der Waals surface area (Å²) in [4.78, 5) is 0. The van der Waals surface area contributed by atoms with Crippen LogP contribution in [0.3, 0.4) is 0 Å². The van der Waals surface area contributed by atoms with Crippen LogP contribution in [-0.2, 0) is 15.9 Å². The monoisotopic (exact) mass is 234 g/mol. The molecule has 3 heteroatoms. The molecule has 3 nitrogen and oxygen atoms in total. The lowest BCUT2D eigenvalue weighted by molar-refractivity contribution is 0.166. The van der Waals surface area contributed by atoms with E-state index in [9.17, 15) is 0 Å². The first-order valence-corrected chi connectivity index (χ1v) is 5.90. The fourth-order valence-electron chi connectivity index (χ4n) is 1.46. The van der Waals surface area contributed by atoms with Crippen LogP contribution in [0.15, 0.2) is 36.9 Å². The molecule has 1 heterocycles. The Balaban J connectivity index is 1.70. The first-order valence-electron chi connectivity index (χ1n) is 5.90. The number of hydrogen-bond acceptors (Lipinski definition) is 3. The molecule has 0 amide bonds. The molecule has 1 aliphatic heterocycles. The van der Waals surface area contributed by atoms with Crippen LogP contribution >= 0.6 is 0 Å². The summed E-state index contributed by atoms with van der Waals surface area (Å²) in [5, 5.41) is 0. The Morgan fingerprint density at radius 3 is 2.76 bits per heavy atom. The largest absolute Gasteiger partial charge is 0.491 e. The van der Waals surface area contributed by atoms with E-state index in [0.717, 1.165) is 25.4 Å². The summed E-state index contributed by atoms with van der Waals surface area (Å²) >= 11 is 0. The van der Waals surface area contributed by atoms with Gasteiger partial charge in [0.05, 0.1) is 19.8 Å². The number of ether oxygens (including phenoxy) is 3. The van der Waals surface area contributed by atoms with Gasteiger partial charge in [-0.3, -0.25) is 0 Å². The van der Waals surface area contributed by atoms with E-state index in [4.69, 9.17) is 14.2 Å². The molecule has 0 spiro atoms. The molecule has 1 saturated heterocycles. The van der Waals surface area contributed by atoms with Crippen LogP contribution < -0.4 is 4.74 Å². The summed E-state index contributed by atoms with van der Waals surface area (Å²) in [6, 6.07) is 8.12. The Bertz CT molecular complexity index is 341. The average Bonchev–Trinajstić information content (AvgIpc) is 3.18. The quantitative estimate of drug-likeness (QED) is 0.392. The Morgan fingerprint density at radius 2 is 2.12 bits per heavy atom. The van der Waals surface area contributed by atoms with Crippen molar-refractivity contribution in [2.24, 2.45) is 0 Å². The molecule has 0 bridgehead atoms. The van der Waals surface area contributed by atoms with Gasteiger partial charge in [-0.15, -0.1) is 6.58 Å². The van der Waals surface area contributed by atoms with Crippen LogP contribution in [0.5, 0.6) is 5.75 Å². The van der Waals surface area contributed by atoms with E-state index in [1.807, 2.05) is 12.1 Å². The Kier molecular flexibility index (Phi) is 4.59. The van der Waals surface area contributed by atoms with E-state index < -0.39 is 0 Å². The highest BCUT2D eigenvalue weighted by Crippen LogP contribution is 2.16. The fraction of sp³-hybridized carbons (Fsp3) is 0.429. The van der Waals surface area contributed by atoms with Crippen molar-refractivity contribution < 1.29 is 14.2 Å². The topological polar surface area (TPSA) is 31.0 Å². The van der Waals surface area contributed by atoms with Crippen LogP contribution in [-0.4, -0.2) is 32.5 Å². The third-order valence-electron chi connectivity index (χ3n) is 2.53. The maximum Gasteiger partial charge on any atom is 0.119 e. The van der Waals surface area contributed by atoms with Crippen molar-refractivity contribution in [1.29, 1.82) is 0 Å². The van der Waals surface area contributed by atoms with Gasteiger partial charge in [-0.2, -0.15) is 0 Å². The number of rotatable bonds is 8. The molecule has 0 aliphatic carbocycles. The van der Waals surface area contributed by atoms with Crippen LogP contribution in [0.25, 0.3) is 0 Å². The van der Waals surface area contributed by atoms with Crippen molar-refractivity contribution in [2.45, 2.75) is 12.5 Å². The van der Waals surface area contributed by atoms with Crippen LogP contribution in [0.2, 0.25) is 0 Å². The second-order valence-electron chi connectivity index (χ2n) is 4.02. The minimum absolute atomic E-state index is 0.307. The summed E-state index contributed by atoms with van der Waals surface area (Å²) in [5.41, 5.74) is 1.25. The number of hydrogen-bond donors (Lipinski definition) is 0. The summed E-state index contributed by atoms with van der Waals surface area (Å²) in [7, 11) is 0. The van der Waals surface area contributed by atoms with Crippen LogP contribution in [0.4, 0.5) is 0 Å². The van der Waals surface area contributed by atoms with Crippen molar-refractivity contribution in [3.05, 3.63) is 42.5 Å². The zero-order chi connectivity index (χ0) is 11.9. The highest BCUT2D eigenvalue weighted by atomic mass is 16.6. The molecule has 0 N–H and O–H groups in total. The second kappa shape index (κ2) is 6.42. The van der Waals surface area contributed by atoms with E-state index in [2.05, 4.69) is 18.7 Å². The van der Waals surface area contributed by atoms with Gasteiger partial charge in [0.25, 0.3) is 0 Å². The van der Waals surface area contributed by atoms with Crippen molar-refractivity contribution in [3.8, 4) is 5.75 Å². The van der Waals surface area contributed by atoms with Gasteiger partial charge in [0.15, 0.2) is 0 Å². The van der Waals surface area contributed by atoms with Gasteiger partial charge >= 0.3 is 0 Å². The summed E-state index contributed by atoms with van der Waals surface area (Å²) in [6.07, 6.45) is 2.98. The third-order valence-corrected chi connectivity index (χ3v) is 2.53. The van der Waals surface area contributed by atoms with Crippen molar-refractivity contribution >= 4 is 0 Å². The van der Waals surface area contributed by atoms with Gasteiger partial charge in [0.1, 0.15) is 18.5 Å². The summed E-state index contributed by atoms with van der Waals surface area (Å²) in [6.45, 7) is 6.43. The molecule has 0 radical (unpaired) electrons. The Labute approximate surface area is 102 Å². The molecule has 92 valence electrons. The highest BCUT2D eigenvalue weighted by molar-refractivity contribution is 5.27. The normalized spacial score (nSPS) is 17.8. The standard InChI is InChI=1S/C14H18O3/c1-2-8-15-9-7-12-3-5-13(6-4-12)16-10-14-11-17-14/h2-6,14H,1,7-11H2. The Morgan fingerprint density at radius 1 is 1.35 bits per heavy atom. The van der Waals surface area contributed by atoms with Gasteiger partial charge in [0.2, 0.25) is 0 Å². The molecule has 17 heavy (non-hydrogen) atoms. The molecule has 1 atom stereocenters. The molecule has 1 aliphatic rings. The molecule has 1 unspecified atom stereocenters. The van der Waals surface area contributed by atoms with Crippen LogP contribution in [0.1, 0.15) is 5.56 Å². The Hall–Kier alpha value is -1.32. The minimum atomic E-state index is 0.307. The zero-order valence-corrected chi connectivity index (χ0v) is 9.93. The van der Waals surface area contributed by atoms with Gasteiger partial charge < -0.3 is 14.2 Å². The molecular formula is C14H18O3.